The standard InChI is InChI=1S/C22H22FN9OS/c23-14-3-5-31(6-4-14)18-8-24-15(7-17(18)32-9-16(26-12-32)13-1-2-13)21(33)28-19-10-34-22(29-19)20-25-11-27-30-20/h7-14H,1-6H2,(H,28,33)(H,25,27,30). The van der Waals surface area contributed by atoms with Gasteiger partial charge >= 0.3 is 0 Å². The van der Waals surface area contributed by atoms with Crippen molar-refractivity contribution in [3.8, 4) is 16.5 Å². The zero-order valence-electron chi connectivity index (χ0n) is 18.2. The fourth-order valence-electron chi connectivity index (χ4n) is 4.09. The summed E-state index contributed by atoms with van der Waals surface area (Å²) in [7, 11) is 0. The van der Waals surface area contributed by atoms with Gasteiger partial charge in [0, 0.05) is 30.6 Å². The third-order valence-corrected chi connectivity index (χ3v) is 6.95. The van der Waals surface area contributed by atoms with Gasteiger partial charge in [0.1, 0.15) is 24.0 Å². The molecule has 2 aliphatic rings. The molecule has 5 heterocycles. The van der Waals surface area contributed by atoms with Crippen molar-refractivity contribution in [2.24, 2.45) is 0 Å². The summed E-state index contributed by atoms with van der Waals surface area (Å²) in [5, 5.41) is 11.7. The first-order valence-corrected chi connectivity index (χ1v) is 12.1. The number of aromatic nitrogens is 7. The summed E-state index contributed by atoms with van der Waals surface area (Å²) >= 11 is 1.35. The van der Waals surface area contributed by atoms with Gasteiger partial charge in [0.25, 0.3) is 5.91 Å². The molecule has 0 radical (unpaired) electrons. The molecule has 2 fully saturated rings. The van der Waals surface area contributed by atoms with E-state index < -0.39 is 6.17 Å². The topological polar surface area (TPSA) is 118 Å². The minimum atomic E-state index is -0.771. The number of halogens is 1. The lowest BCUT2D eigenvalue weighted by molar-refractivity contribution is 0.102. The van der Waals surface area contributed by atoms with Gasteiger partial charge < -0.3 is 14.8 Å². The lowest BCUT2D eigenvalue weighted by Gasteiger charge is -2.32. The molecule has 1 aliphatic heterocycles. The van der Waals surface area contributed by atoms with Crippen molar-refractivity contribution in [1.29, 1.82) is 0 Å². The normalized spacial score (nSPS) is 16.7. The Balaban J connectivity index is 1.29. The highest BCUT2D eigenvalue weighted by Crippen LogP contribution is 2.39. The van der Waals surface area contributed by atoms with E-state index in [-0.39, 0.29) is 11.6 Å². The maximum absolute atomic E-state index is 13.7. The Morgan fingerprint density at radius 2 is 2.00 bits per heavy atom. The number of hydrogen-bond acceptors (Lipinski definition) is 8. The predicted octanol–water partition coefficient (Wildman–Crippen LogP) is 3.58. The van der Waals surface area contributed by atoms with Crippen LogP contribution in [0.25, 0.3) is 16.5 Å². The molecule has 1 aliphatic carbocycles. The third kappa shape index (κ3) is 4.16. The van der Waals surface area contributed by atoms with E-state index in [0.29, 0.717) is 48.5 Å². The number of hydrogen-bond donors (Lipinski definition) is 2. The summed E-state index contributed by atoms with van der Waals surface area (Å²) in [5.74, 6) is 1.10. The maximum atomic E-state index is 13.7. The van der Waals surface area contributed by atoms with Crippen LogP contribution in [0.2, 0.25) is 0 Å². The van der Waals surface area contributed by atoms with Gasteiger partial charge in [0.2, 0.25) is 0 Å². The monoisotopic (exact) mass is 479 g/mol. The molecule has 4 aromatic rings. The van der Waals surface area contributed by atoms with E-state index in [9.17, 15) is 9.18 Å². The lowest BCUT2D eigenvalue weighted by atomic mass is 10.1. The second-order valence-electron chi connectivity index (χ2n) is 8.53. The van der Waals surface area contributed by atoms with Crippen molar-refractivity contribution in [1.82, 2.24) is 34.7 Å². The maximum Gasteiger partial charge on any atom is 0.275 e. The van der Waals surface area contributed by atoms with E-state index in [1.807, 2.05) is 10.8 Å². The van der Waals surface area contributed by atoms with Crippen molar-refractivity contribution < 1.29 is 9.18 Å². The van der Waals surface area contributed by atoms with Crippen molar-refractivity contribution in [3.63, 3.8) is 0 Å². The zero-order chi connectivity index (χ0) is 23.1. The van der Waals surface area contributed by atoms with Crippen LogP contribution in [0.1, 0.15) is 47.8 Å². The Bertz CT molecular complexity index is 1310. The van der Waals surface area contributed by atoms with E-state index >= 15 is 0 Å². The molecule has 0 spiro atoms. The quantitative estimate of drug-likeness (QED) is 0.434. The first-order chi connectivity index (χ1) is 16.6. The second-order valence-corrected chi connectivity index (χ2v) is 9.38. The Morgan fingerprint density at radius 3 is 2.76 bits per heavy atom. The van der Waals surface area contributed by atoms with Crippen LogP contribution in [0.4, 0.5) is 15.9 Å². The molecule has 0 atom stereocenters. The van der Waals surface area contributed by atoms with Crippen LogP contribution >= 0.6 is 11.3 Å². The summed E-state index contributed by atoms with van der Waals surface area (Å²) in [6.07, 6.45) is 9.40. The van der Waals surface area contributed by atoms with Gasteiger partial charge in [-0.15, -0.1) is 11.3 Å². The van der Waals surface area contributed by atoms with Gasteiger partial charge in [-0.3, -0.25) is 9.89 Å². The SMILES string of the molecule is O=C(Nc1csc(-c2ncn[nH]2)n1)c1cc(-n2cnc(C3CC3)c2)c(N2CCC(F)CC2)cn1. The first kappa shape index (κ1) is 20.9. The average Bonchev–Trinajstić information content (AvgIpc) is 3.25. The molecule has 0 unspecified atom stereocenters. The molecular formula is C22H22FN9OS. The summed E-state index contributed by atoms with van der Waals surface area (Å²) in [6.45, 7) is 1.21. The lowest BCUT2D eigenvalue weighted by Crippen LogP contribution is -2.35. The van der Waals surface area contributed by atoms with Crippen LogP contribution in [-0.2, 0) is 0 Å². The molecule has 1 saturated heterocycles. The van der Waals surface area contributed by atoms with Crippen LogP contribution in [0, 0.1) is 0 Å². The fraction of sp³-hybridized carbons (Fsp3) is 0.364. The molecule has 2 N–H and O–H groups in total. The van der Waals surface area contributed by atoms with E-state index in [2.05, 4.69) is 40.3 Å². The summed E-state index contributed by atoms with van der Waals surface area (Å²) in [5.41, 5.74) is 2.98. The predicted molar refractivity (Wildman–Crippen MR) is 125 cm³/mol. The molecule has 0 bridgehead atoms. The number of amides is 1. The number of H-pyrrole nitrogens is 1. The van der Waals surface area contributed by atoms with Gasteiger partial charge in [0.05, 0.1) is 29.6 Å². The molecule has 4 aromatic heterocycles. The summed E-state index contributed by atoms with van der Waals surface area (Å²) in [4.78, 5) is 32.6. The van der Waals surface area contributed by atoms with Crippen LogP contribution in [0.15, 0.2) is 36.5 Å². The number of alkyl halides is 1. The number of nitrogens with one attached hydrogen (secondary N) is 2. The number of carbonyl (C=O) groups excluding carboxylic acids is 1. The van der Waals surface area contributed by atoms with Crippen molar-refractivity contribution in [2.45, 2.75) is 37.8 Å². The number of nitrogens with zero attached hydrogens (tertiary/aromatic N) is 7. The largest absolute Gasteiger partial charge is 0.368 e. The minimum Gasteiger partial charge on any atom is -0.368 e. The number of anilines is 2. The average molecular weight is 480 g/mol. The molecule has 6 rings (SSSR count). The number of rotatable bonds is 6. The smallest absolute Gasteiger partial charge is 0.275 e. The Morgan fingerprint density at radius 1 is 1.15 bits per heavy atom. The molecule has 12 heteroatoms. The van der Waals surface area contributed by atoms with Crippen molar-refractivity contribution >= 4 is 28.7 Å². The Hall–Kier alpha value is -3.67. The molecule has 174 valence electrons. The van der Waals surface area contributed by atoms with Crippen molar-refractivity contribution in [2.75, 3.05) is 23.3 Å². The third-order valence-electron chi connectivity index (χ3n) is 6.10. The summed E-state index contributed by atoms with van der Waals surface area (Å²) in [6, 6.07) is 1.76. The number of carbonyl (C=O) groups is 1. The number of thiazole rings is 1. The van der Waals surface area contributed by atoms with Gasteiger partial charge in [-0.1, -0.05) is 0 Å². The highest BCUT2D eigenvalue weighted by molar-refractivity contribution is 7.13. The van der Waals surface area contributed by atoms with E-state index in [1.54, 1.807) is 24.0 Å². The van der Waals surface area contributed by atoms with Crippen LogP contribution in [0.3, 0.4) is 0 Å². The highest BCUT2D eigenvalue weighted by Gasteiger charge is 2.27. The van der Waals surface area contributed by atoms with E-state index in [1.165, 1.54) is 17.7 Å². The van der Waals surface area contributed by atoms with Gasteiger partial charge in [-0.2, -0.15) is 5.10 Å². The molecule has 10 nitrogen and oxygen atoms in total. The number of imidazole rings is 1. The molecule has 0 aromatic carbocycles. The zero-order valence-corrected chi connectivity index (χ0v) is 19.0. The molecular weight excluding hydrogens is 457 g/mol. The van der Waals surface area contributed by atoms with E-state index in [0.717, 1.165) is 29.9 Å². The van der Waals surface area contributed by atoms with Gasteiger partial charge in [-0.05, 0) is 31.7 Å². The first-order valence-electron chi connectivity index (χ1n) is 11.2. The molecule has 1 amide bonds. The Kier molecular flexibility index (Phi) is 5.28. The van der Waals surface area contributed by atoms with E-state index in [4.69, 9.17) is 0 Å². The van der Waals surface area contributed by atoms with Gasteiger partial charge in [0.15, 0.2) is 10.8 Å². The number of aromatic amines is 1. The van der Waals surface area contributed by atoms with Crippen LogP contribution < -0.4 is 10.2 Å². The van der Waals surface area contributed by atoms with Gasteiger partial charge in [-0.25, -0.2) is 24.3 Å². The fourth-order valence-corrected chi connectivity index (χ4v) is 4.79. The van der Waals surface area contributed by atoms with Crippen molar-refractivity contribution in [3.05, 3.63) is 47.9 Å². The molecule has 34 heavy (non-hydrogen) atoms. The summed E-state index contributed by atoms with van der Waals surface area (Å²) < 4.78 is 15.7. The highest BCUT2D eigenvalue weighted by atomic mass is 32.1. The number of pyridine rings is 1. The van der Waals surface area contributed by atoms with Crippen LogP contribution in [0.5, 0.6) is 0 Å². The number of piperidine rings is 1. The Labute approximate surface area is 198 Å². The minimum absolute atomic E-state index is 0.259. The van der Waals surface area contributed by atoms with Crippen LogP contribution in [-0.4, -0.2) is 59.9 Å². The second kappa shape index (κ2) is 8.60. The molecule has 1 saturated carbocycles.